The van der Waals surface area contributed by atoms with Gasteiger partial charge in [-0.2, -0.15) is 0 Å². The van der Waals surface area contributed by atoms with Gasteiger partial charge in [-0.3, -0.25) is 4.79 Å². The summed E-state index contributed by atoms with van der Waals surface area (Å²) in [5.74, 6) is 0.346. The summed E-state index contributed by atoms with van der Waals surface area (Å²) < 4.78 is 12.5. The van der Waals surface area contributed by atoms with E-state index in [1.54, 1.807) is 6.26 Å². The molecule has 2 N–H and O–H groups in total. The second kappa shape index (κ2) is 8.80. The number of ether oxygens (including phenoxy) is 1. The first kappa shape index (κ1) is 21.4. The third-order valence-corrected chi connectivity index (χ3v) is 6.06. The van der Waals surface area contributed by atoms with E-state index in [4.69, 9.17) is 9.15 Å². The molecule has 1 fully saturated rings. The Labute approximate surface area is 191 Å². The molecule has 5 rings (SSSR count). The Balaban J connectivity index is 1.42. The Morgan fingerprint density at radius 2 is 2.06 bits per heavy atom. The number of hydrogen-bond donors (Lipinski definition) is 2. The zero-order valence-corrected chi connectivity index (χ0v) is 18.6. The number of nitrogens with zero attached hydrogens (tertiary/aromatic N) is 3. The van der Waals surface area contributed by atoms with E-state index in [1.165, 1.54) is 0 Å². The van der Waals surface area contributed by atoms with Crippen LogP contribution in [0.1, 0.15) is 33.9 Å². The third-order valence-electron chi connectivity index (χ3n) is 6.06. The fourth-order valence-corrected chi connectivity index (χ4v) is 4.21. The van der Waals surface area contributed by atoms with Crippen LogP contribution in [-0.4, -0.2) is 50.9 Å². The minimum absolute atomic E-state index is 0.227. The topological polar surface area (TPSA) is 102 Å². The fourth-order valence-electron chi connectivity index (χ4n) is 4.21. The number of hydrogen-bond acceptors (Lipinski definition) is 6. The van der Waals surface area contributed by atoms with Gasteiger partial charge in [-0.25, -0.2) is 9.97 Å². The lowest BCUT2D eigenvalue weighted by Gasteiger charge is -2.28. The predicted octanol–water partition coefficient (Wildman–Crippen LogP) is 3.01. The molecule has 1 aliphatic rings. The molecule has 8 heteroatoms. The van der Waals surface area contributed by atoms with Gasteiger partial charge in [0.15, 0.2) is 5.89 Å². The van der Waals surface area contributed by atoms with Gasteiger partial charge in [0.05, 0.1) is 18.8 Å². The van der Waals surface area contributed by atoms with E-state index < -0.39 is 6.10 Å². The van der Waals surface area contributed by atoms with Crippen molar-refractivity contribution in [3.63, 3.8) is 0 Å². The van der Waals surface area contributed by atoms with Crippen molar-refractivity contribution in [3.8, 4) is 11.3 Å². The Hall–Kier alpha value is -3.49. The minimum atomic E-state index is -0.715. The Morgan fingerprint density at radius 1 is 1.24 bits per heavy atom. The van der Waals surface area contributed by atoms with Crippen LogP contribution in [0.15, 0.2) is 53.3 Å². The van der Waals surface area contributed by atoms with Gasteiger partial charge in [-0.1, -0.05) is 24.3 Å². The molecular formula is C25H26N4O4. The van der Waals surface area contributed by atoms with Crippen LogP contribution in [0.3, 0.4) is 0 Å². The Morgan fingerprint density at radius 3 is 2.79 bits per heavy atom. The van der Waals surface area contributed by atoms with Crippen LogP contribution in [0.4, 0.5) is 0 Å². The standard InChI is InChI=1S/C25H26N4O4/c1-15-26-22(13-33-15)17-5-3-16(4-6-17)11-18-12-21(27-24-19(18)7-9-29(24)2)25(31)28-20-8-10-32-14-23(20)30/h3-7,9,12-13,20,23,30H,8,10-11,14H2,1-2H3,(H,28,31)/t20-,23-/m0/s1. The summed E-state index contributed by atoms with van der Waals surface area (Å²) in [7, 11) is 1.91. The fraction of sp³-hybridized carbons (Fsp3) is 0.320. The molecule has 0 spiro atoms. The highest BCUT2D eigenvalue weighted by Gasteiger charge is 2.26. The lowest BCUT2D eigenvalue weighted by molar-refractivity contribution is -0.0261. The van der Waals surface area contributed by atoms with Gasteiger partial charge < -0.3 is 24.1 Å². The maximum atomic E-state index is 13.0. The molecule has 0 bridgehead atoms. The number of fused-ring (bicyclic) bond motifs is 1. The normalized spacial score (nSPS) is 18.5. The summed E-state index contributed by atoms with van der Waals surface area (Å²) in [6.45, 7) is 2.56. The summed E-state index contributed by atoms with van der Waals surface area (Å²) >= 11 is 0. The molecule has 33 heavy (non-hydrogen) atoms. The van der Waals surface area contributed by atoms with Crippen LogP contribution < -0.4 is 5.32 Å². The van der Waals surface area contributed by atoms with Crippen LogP contribution in [0.25, 0.3) is 22.3 Å². The summed E-state index contributed by atoms with van der Waals surface area (Å²) in [5.41, 5.74) is 5.02. The van der Waals surface area contributed by atoms with Crippen LogP contribution in [0, 0.1) is 6.92 Å². The highest BCUT2D eigenvalue weighted by Crippen LogP contribution is 2.24. The monoisotopic (exact) mass is 446 g/mol. The number of amides is 1. The zero-order chi connectivity index (χ0) is 22.9. The molecule has 0 radical (unpaired) electrons. The van der Waals surface area contributed by atoms with Gasteiger partial charge in [-0.05, 0) is 36.1 Å². The first-order chi connectivity index (χ1) is 16.0. The van der Waals surface area contributed by atoms with Crippen molar-refractivity contribution in [1.82, 2.24) is 19.9 Å². The van der Waals surface area contributed by atoms with Crippen molar-refractivity contribution in [2.45, 2.75) is 31.9 Å². The molecule has 0 saturated carbocycles. The quantitative estimate of drug-likeness (QED) is 0.489. The molecule has 1 aromatic carbocycles. The molecule has 1 aliphatic heterocycles. The van der Waals surface area contributed by atoms with Crippen LogP contribution in [0.2, 0.25) is 0 Å². The average Bonchev–Trinajstić information content (AvgIpc) is 3.42. The molecule has 0 aliphatic carbocycles. The summed E-state index contributed by atoms with van der Waals surface area (Å²) in [5, 5.41) is 14.1. The number of oxazole rings is 1. The van der Waals surface area contributed by atoms with E-state index in [9.17, 15) is 9.90 Å². The SMILES string of the molecule is Cc1nc(-c2ccc(Cc3cc(C(=O)N[C@H]4CCOC[C@@H]4O)nc4c3ccn4C)cc2)co1. The van der Waals surface area contributed by atoms with Crippen molar-refractivity contribution in [2.75, 3.05) is 13.2 Å². The van der Waals surface area contributed by atoms with Crippen LogP contribution in [-0.2, 0) is 18.2 Å². The van der Waals surface area contributed by atoms with Crippen LogP contribution in [0.5, 0.6) is 0 Å². The number of carbonyl (C=O) groups is 1. The van der Waals surface area contributed by atoms with E-state index in [0.717, 1.165) is 33.4 Å². The molecule has 8 nitrogen and oxygen atoms in total. The summed E-state index contributed by atoms with van der Waals surface area (Å²) in [6, 6.07) is 11.7. The number of aliphatic hydroxyl groups is 1. The lowest BCUT2D eigenvalue weighted by Crippen LogP contribution is -2.48. The second-order valence-corrected chi connectivity index (χ2v) is 8.47. The first-order valence-electron chi connectivity index (χ1n) is 11.0. The van der Waals surface area contributed by atoms with Crippen LogP contribution >= 0.6 is 0 Å². The second-order valence-electron chi connectivity index (χ2n) is 8.47. The Bertz CT molecular complexity index is 1290. The molecule has 2 atom stereocenters. The number of aliphatic hydroxyl groups excluding tert-OH is 1. The largest absolute Gasteiger partial charge is 0.449 e. The summed E-state index contributed by atoms with van der Waals surface area (Å²) in [4.78, 5) is 22.0. The minimum Gasteiger partial charge on any atom is -0.449 e. The number of aromatic nitrogens is 3. The van der Waals surface area contributed by atoms with Gasteiger partial charge in [0, 0.05) is 37.7 Å². The average molecular weight is 447 g/mol. The molecule has 1 amide bonds. The van der Waals surface area contributed by atoms with E-state index in [1.807, 2.05) is 49.0 Å². The highest BCUT2D eigenvalue weighted by atomic mass is 16.5. The smallest absolute Gasteiger partial charge is 0.270 e. The van der Waals surface area contributed by atoms with Crippen molar-refractivity contribution >= 4 is 16.9 Å². The van der Waals surface area contributed by atoms with E-state index in [2.05, 4.69) is 27.4 Å². The first-order valence-corrected chi connectivity index (χ1v) is 11.0. The molecule has 4 heterocycles. The number of nitrogens with one attached hydrogen (secondary N) is 1. The highest BCUT2D eigenvalue weighted by molar-refractivity contribution is 5.95. The van der Waals surface area contributed by atoms with E-state index >= 15 is 0 Å². The molecule has 1 saturated heterocycles. The summed E-state index contributed by atoms with van der Waals surface area (Å²) in [6.07, 6.45) is 4.11. The number of carbonyl (C=O) groups excluding carboxylic acids is 1. The van der Waals surface area contributed by atoms with Gasteiger partial charge in [0.2, 0.25) is 0 Å². The number of rotatable bonds is 5. The molecule has 170 valence electrons. The van der Waals surface area contributed by atoms with Crippen molar-refractivity contribution in [1.29, 1.82) is 0 Å². The van der Waals surface area contributed by atoms with Crippen molar-refractivity contribution < 1.29 is 19.1 Å². The maximum Gasteiger partial charge on any atom is 0.270 e. The lowest BCUT2D eigenvalue weighted by atomic mass is 10.00. The van der Waals surface area contributed by atoms with Crippen molar-refractivity contribution in [2.24, 2.45) is 7.05 Å². The predicted molar refractivity (Wildman–Crippen MR) is 123 cm³/mol. The molecular weight excluding hydrogens is 420 g/mol. The van der Waals surface area contributed by atoms with E-state index in [-0.39, 0.29) is 18.6 Å². The zero-order valence-electron chi connectivity index (χ0n) is 18.6. The Kier molecular flexibility index (Phi) is 5.70. The molecule has 4 aromatic rings. The third kappa shape index (κ3) is 4.40. The number of benzene rings is 1. The van der Waals surface area contributed by atoms with E-state index in [0.29, 0.717) is 31.0 Å². The van der Waals surface area contributed by atoms with Gasteiger partial charge in [0.25, 0.3) is 5.91 Å². The molecule has 0 unspecified atom stereocenters. The number of pyridine rings is 1. The maximum absolute atomic E-state index is 13.0. The van der Waals surface area contributed by atoms with Gasteiger partial charge >= 0.3 is 0 Å². The number of aryl methyl sites for hydroxylation is 2. The van der Waals surface area contributed by atoms with Gasteiger partial charge in [-0.15, -0.1) is 0 Å². The van der Waals surface area contributed by atoms with Crippen molar-refractivity contribution in [3.05, 3.63) is 71.6 Å². The molecule has 3 aromatic heterocycles. The van der Waals surface area contributed by atoms with Gasteiger partial charge in [0.1, 0.15) is 23.3 Å².